The van der Waals surface area contributed by atoms with E-state index in [1.807, 2.05) is 31.3 Å². The molecule has 0 unspecified atom stereocenters. The Balaban J connectivity index is 1.70. The van der Waals surface area contributed by atoms with Crippen LogP contribution in [0.2, 0.25) is 0 Å². The summed E-state index contributed by atoms with van der Waals surface area (Å²) < 4.78 is 0. The van der Waals surface area contributed by atoms with Gasteiger partial charge in [-0.15, -0.1) is 0 Å². The van der Waals surface area contributed by atoms with Crippen molar-refractivity contribution < 1.29 is 4.79 Å². The van der Waals surface area contributed by atoms with Gasteiger partial charge in [0.05, 0.1) is 17.3 Å². The number of hydrogen-bond acceptors (Lipinski definition) is 5. The number of carbonyl (C=O) groups is 1. The summed E-state index contributed by atoms with van der Waals surface area (Å²) in [4.78, 5) is 28.0. The average Bonchev–Trinajstić information content (AvgIpc) is 2.73. The number of pyridine rings is 2. The molecule has 4 rings (SSSR count). The lowest BCUT2D eigenvalue weighted by molar-refractivity contribution is 0.0664. The molecule has 1 fully saturated rings. The van der Waals surface area contributed by atoms with E-state index in [1.54, 1.807) is 12.4 Å². The van der Waals surface area contributed by atoms with Crippen molar-refractivity contribution in [2.45, 2.75) is 0 Å². The van der Waals surface area contributed by atoms with E-state index >= 15 is 0 Å². The van der Waals surface area contributed by atoms with Crippen molar-refractivity contribution >= 4 is 22.5 Å². The van der Waals surface area contributed by atoms with Crippen LogP contribution in [0.25, 0.3) is 22.0 Å². The van der Waals surface area contributed by atoms with Gasteiger partial charge >= 0.3 is 0 Å². The molecule has 0 aliphatic carbocycles. The first-order valence-corrected chi connectivity index (χ1v) is 9.52. The number of aromatic nitrogens is 2. The second-order valence-electron chi connectivity index (χ2n) is 7.51. The van der Waals surface area contributed by atoms with E-state index in [0.29, 0.717) is 5.56 Å². The van der Waals surface area contributed by atoms with E-state index in [2.05, 4.69) is 51.1 Å². The molecule has 0 atom stereocenters. The molecule has 0 radical (unpaired) electrons. The molecule has 0 saturated carbocycles. The molecule has 6 heteroatoms. The highest BCUT2D eigenvalue weighted by Gasteiger charge is 2.21. The number of amides is 1. The lowest BCUT2D eigenvalue weighted by Crippen LogP contribution is -2.47. The molecule has 1 amide bonds. The number of piperazine rings is 1. The van der Waals surface area contributed by atoms with Crippen LogP contribution in [0.3, 0.4) is 0 Å². The van der Waals surface area contributed by atoms with E-state index in [9.17, 15) is 4.79 Å². The predicted molar refractivity (Wildman–Crippen MR) is 113 cm³/mol. The Labute approximate surface area is 165 Å². The summed E-state index contributed by atoms with van der Waals surface area (Å²) in [5.41, 5.74) is 4.62. The molecule has 1 aromatic carbocycles. The minimum Gasteiger partial charge on any atom is -0.378 e. The number of nitrogens with zero attached hydrogens (tertiary/aromatic N) is 5. The molecule has 0 N–H and O–H groups in total. The van der Waals surface area contributed by atoms with E-state index in [0.717, 1.165) is 53.9 Å². The van der Waals surface area contributed by atoms with Gasteiger partial charge in [-0.25, -0.2) is 0 Å². The quantitative estimate of drug-likeness (QED) is 0.705. The van der Waals surface area contributed by atoms with Crippen molar-refractivity contribution in [2.75, 3.05) is 52.2 Å². The second-order valence-corrected chi connectivity index (χ2v) is 7.51. The van der Waals surface area contributed by atoms with Gasteiger partial charge < -0.3 is 14.7 Å². The van der Waals surface area contributed by atoms with Crippen molar-refractivity contribution in [3.8, 4) is 11.1 Å². The lowest BCUT2D eigenvalue weighted by Gasteiger charge is -2.32. The summed E-state index contributed by atoms with van der Waals surface area (Å²) in [6.45, 7) is 3.31. The van der Waals surface area contributed by atoms with Crippen LogP contribution in [0.4, 0.5) is 5.69 Å². The van der Waals surface area contributed by atoms with Crippen LogP contribution < -0.4 is 4.90 Å². The molecule has 3 heterocycles. The maximum atomic E-state index is 13.0. The van der Waals surface area contributed by atoms with Gasteiger partial charge in [0.25, 0.3) is 5.91 Å². The molecule has 0 bridgehead atoms. The Bertz CT molecular complexity index is 991. The lowest BCUT2D eigenvalue weighted by atomic mass is 10.0. The Morgan fingerprint density at radius 2 is 1.71 bits per heavy atom. The first-order valence-electron chi connectivity index (χ1n) is 9.52. The van der Waals surface area contributed by atoms with Crippen molar-refractivity contribution in [1.82, 2.24) is 19.8 Å². The normalized spacial score (nSPS) is 15.0. The molecule has 144 valence electrons. The highest BCUT2D eigenvalue weighted by atomic mass is 16.2. The van der Waals surface area contributed by atoms with E-state index in [1.165, 1.54) is 0 Å². The zero-order chi connectivity index (χ0) is 19.7. The second kappa shape index (κ2) is 7.56. The highest BCUT2D eigenvalue weighted by Crippen LogP contribution is 2.29. The van der Waals surface area contributed by atoms with Gasteiger partial charge in [-0.3, -0.25) is 14.8 Å². The first kappa shape index (κ1) is 18.4. The molecule has 1 aliphatic heterocycles. The minimum atomic E-state index is 0.0493. The van der Waals surface area contributed by atoms with Gasteiger partial charge in [0.15, 0.2) is 0 Å². The highest BCUT2D eigenvalue weighted by molar-refractivity contribution is 6.01. The van der Waals surface area contributed by atoms with Crippen molar-refractivity contribution in [1.29, 1.82) is 0 Å². The fourth-order valence-corrected chi connectivity index (χ4v) is 3.52. The molecule has 1 aliphatic rings. The molecule has 28 heavy (non-hydrogen) atoms. The smallest absolute Gasteiger partial charge is 0.255 e. The SMILES string of the molecule is CN1CCN(C(=O)c2cnc3cncc(-c4ccc(N(C)C)cc4)c3c2)CC1. The number of fused-ring (bicyclic) bond motifs is 1. The molecular formula is C22H25N5O. The zero-order valence-corrected chi connectivity index (χ0v) is 16.6. The Kier molecular flexibility index (Phi) is 4.96. The van der Waals surface area contributed by atoms with Gasteiger partial charge in [0.2, 0.25) is 0 Å². The van der Waals surface area contributed by atoms with Gasteiger partial charge in [0, 0.05) is 69.3 Å². The largest absolute Gasteiger partial charge is 0.378 e. The van der Waals surface area contributed by atoms with Crippen molar-refractivity contribution in [3.63, 3.8) is 0 Å². The number of benzene rings is 1. The molecule has 0 spiro atoms. The number of hydrogen-bond donors (Lipinski definition) is 0. The minimum absolute atomic E-state index is 0.0493. The number of likely N-dealkylation sites (N-methyl/N-ethyl adjacent to an activating group) is 1. The fourth-order valence-electron chi connectivity index (χ4n) is 3.52. The summed E-state index contributed by atoms with van der Waals surface area (Å²) in [5.74, 6) is 0.0493. The molecule has 3 aromatic rings. The molecular weight excluding hydrogens is 350 g/mol. The number of carbonyl (C=O) groups excluding carboxylic acids is 1. The standard InChI is InChI=1S/C22H25N5O/c1-25(2)18-6-4-16(5-7-18)20-14-23-15-21-19(20)12-17(13-24-21)22(28)27-10-8-26(3)9-11-27/h4-7,12-15H,8-11H2,1-3H3. The first-order chi connectivity index (χ1) is 13.5. The van der Waals surface area contributed by atoms with Crippen LogP contribution in [0.1, 0.15) is 10.4 Å². The monoisotopic (exact) mass is 375 g/mol. The Hall–Kier alpha value is -2.99. The summed E-state index contributed by atoms with van der Waals surface area (Å²) >= 11 is 0. The van der Waals surface area contributed by atoms with Crippen LogP contribution in [0, 0.1) is 0 Å². The van der Waals surface area contributed by atoms with E-state index in [-0.39, 0.29) is 5.91 Å². The van der Waals surface area contributed by atoms with Crippen LogP contribution in [-0.2, 0) is 0 Å². The topological polar surface area (TPSA) is 52.6 Å². The Morgan fingerprint density at radius 3 is 2.39 bits per heavy atom. The van der Waals surface area contributed by atoms with Crippen LogP contribution in [0.5, 0.6) is 0 Å². The molecule has 2 aromatic heterocycles. The van der Waals surface area contributed by atoms with Gasteiger partial charge in [-0.2, -0.15) is 0 Å². The summed E-state index contributed by atoms with van der Waals surface area (Å²) in [6, 6.07) is 10.3. The third kappa shape index (κ3) is 3.55. The van der Waals surface area contributed by atoms with Crippen LogP contribution >= 0.6 is 0 Å². The number of anilines is 1. The third-order valence-corrected chi connectivity index (χ3v) is 5.34. The number of rotatable bonds is 3. The predicted octanol–water partition coefficient (Wildman–Crippen LogP) is 2.75. The van der Waals surface area contributed by atoms with Crippen LogP contribution in [0.15, 0.2) is 48.9 Å². The van der Waals surface area contributed by atoms with E-state index < -0.39 is 0 Å². The summed E-state index contributed by atoms with van der Waals surface area (Å²) in [7, 11) is 6.13. The summed E-state index contributed by atoms with van der Waals surface area (Å²) in [5, 5.41) is 0.951. The maximum Gasteiger partial charge on any atom is 0.255 e. The molecule has 1 saturated heterocycles. The van der Waals surface area contributed by atoms with Crippen molar-refractivity contribution in [3.05, 3.63) is 54.5 Å². The van der Waals surface area contributed by atoms with Gasteiger partial charge in [0.1, 0.15) is 0 Å². The van der Waals surface area contributed by atoms with Crippen LogP contribution in [-0.4, -0.2) is 73.0 Å². The average molecular weight is 375 g/mol. The fraction of sp³-hybridized carbons (Fsp3) is 0.318. The van der Waals surface area contributed by atoms with E-state index in [4.69, 9.17) is 0 Å². The van der Waals surface area contributed by atoms with Gasteiger partial charge in [-0.1, -0.05) is 12.1 Å². The molecule has 6 nitrogen and oxygen atoms in total. The Morgan fingerprint density at radius 1 is 1.00 bits per heavy atom. The van der Waals surface area contributed by atoms with Crippen molar-refractivity contribution in [2.24, 2.45) is 0 Å². The third-order valence-electron chi connectivity index (χ3n) is 5.34. The van der Waals surface area contributed by atoms with Gasteiger partial charge in [-0.05, 0) is 30.8 Å². The summed E-state index contributed by atoms with van der Waals surface area (Å²) in [6.07, 6.45) is 5.26. The maximum absolute atomic E-state index is 13.0. The zero-order valence-electron chi connectivity index (χ0n) is 16.6.